The first kappa shape index (κ1) is 18.5. The molecule has 0 saturated carbocycles. The monoisotopic (exact) mass is 420 g/mol. The Bertz CT molecular complexity index is 1410. The fourth-order valence-corrected chi connectivity index (χ4v) is 4.46. The number of aromatic amines is 2. The molecule has 2 aromatic heterocycles. The molecule has 3 N–H and O–H groups in total. The molecule has 0 aliphatic heterocycles. The maximum absolute atomic E-state index is 12.9. The quantitative estimate of drug-likeness (QED) is 0.402. The summed E-state index contributed by atoms with van der Waals surface area (Å²) in [6.45, 7) is 0. The highest BCUT2D eigenvalue weighted by molar-refractivity contribution is 5.97. The van der Waals surface area contributed by atoms with E-state index in [2.05, 4.69) is 42.8 Å². The van der Waals surface area contributed by atoms with Gasteiger partial charge < -0.3 is 5.32 Å². The van der Waals surface area contributed by atoms with Gasteiger partial charge in [0.05, 0.1) is 11.2 Å². The van der Waals surface area contributed by atoms with Crippen molar-refractivity contribution in [1.82, 2.24) is 25.4 Å². The average molecular weight is 420 g/mol. The second-order valence-corrected chi connectivity index (χ2v) is 8.11. The van der Waals surface area contributed by atoms with Gasteiger partial charge >= 0.3 is 0 Å². The minimum atomic E-state index is -0.0354. The van der Waals surface area contributed by atoms with Gasteiger partial charge in [0.15, 0.2) is 5.82 Å². The minimum absolute atomic E-state index is 0.0354. The number of amides is 1. The van der Waals surface area contributed by atoms with Crippen molar-refractivity contribution in [3.05, 3.63) is 84.2 Å². The van der Waals surface area contributed by atoms with Gasteiger partial charge in [-0.1, -0.05) is 36.4 Å². The van der Waals surface area contributed by atoms with Gasteiger partial charge in [-0.2, -0.15) is 10.2 Å². The standard InChI is InChI=1S/C25H20N6O/c32-25(19-10-15-4-1-2-5-16(15)11-19)28-20-7-3-6-17(12-20)23-21-13-18(24-26-14-27-31-24)8-9-22(21)29-30-23/h1-9,12-14,19H,10-11H2,(H,28,32)(H,29,30)(H,26,27,31). The SMILES string of the molecule is O=C(Nc1cccc(-c2n[nH]c3ccc(-c4ncn[nH]4)cc23)c1)C1Cc2ccccc2C1. The summed E-state index contributed by atoms with van der Waals surface area (Å²) in [6.07, 6.45) is 3.07. The number of benzene rings is 3. The molecule has 1 aliphatic rings. The Morgan fingerprint density at radius 3 is 2.53 bits per heavy atom. The second-order valence-electron chi connectivity index (χ2n) is 8.11. The van der Waals surface area contributed by atoms with Gasteiger partial charge in [-0.15, -0.1) is 0 Å². The van der Waals surface area contributed by atoms with Gasteiger partial charge in [0.1, 0.15) is 6.33 Å². The van der Waals surface area contributed by atoms with Crippen LogP contribution in [0.15, 0.2) is 73.1 Å². The van der Waals surface area contributed by atoms with E-state index in [0.717, 1.165) is 46.3 Å². The van der Waals surface area contributed by atoms with Gasteiger partial charge in [0.25, 0.3) is 0 Å². The zero-order valence-corrected chi connectivity index (χ0v) is 17.2. The number of nitrogens with zero attached hydrogens (tertiary/aromatic N) is 3. The lowest BCUT2D eigenvalue weighted by Crippen LogP contribution is -2.23. The Balaban J connectivity index is 1.27. The number of nitrogens with one attached hydrogen (secondary N) is 3. The van der Waals surface area contributed by atoms with E-state index in [-0.39, 0.29) is 11.8 Å². The first-order chi connectivity index (χ1) is 15.7. The maximum atomic E-state index is 12.9. The number of H-pyrrole nitrogens is 2. The number of anilines is 1. The second kappa shape index (κ2) is 7.46. The molecule has 1 amide bonds. The summed E-state index contributed by atoms with van der Waals surface area (Å²) in [5, 5.41) is 18.5. The van der Waals surface area contributed by atoms with Crippen molar-refractivity contribution in [2.45, 2.75) is 12.8 Å². The molecular weight excluding hydrogens is 400 g/mol. The van der Waals surface area contributed by atoms with Crippen molar-refractivity contribution in [3.8, 4) is 22.6 Å². The molecule has 7 nitrogen and oxygen atoms in total. The zero-order chi connectivity index (χ0) is 21.5. The molecule has 1 aliphatic carbocycles. The number of rotatable bonds is 4. The summed E-state index contributed by atoms with van der Waals surface area (Å²) in [5.74, 6) is 0.724. The highest BCUT2D eigenvalue weighted by atomic mass is 16.1. The Hall–Kier alpha value is -4.26. The van der Waals surface area contributed by atoms with Crippen molar-refractivity contribution in [2.24, 2.45) is 5.92 Å². The van der Waals surface area contributed by atoms with Crippen molar-refractivity contribution < 1.29 is 4.79 Å². The largest absolute Gasteiger partial charge is 0.326 e. The minimum Gasteiger partial charge on any atom is -0.326 e. The van der Waals surface area contributed by atoms with Gasteiger partial charge in [-0.25, -0.2) is 4.98 Å². The molecule has 2 heterocycles. The van der Waals surface area contributed by atoms with E-state index < -0.39 is 0 Å². The van der Waals surface area contributed by atoms with E-state index in [0.29, 0.717) is 5.82 Å². The smallest absolute Gasteiger partial charge is 0.228 e. The Morgan fingerprint density at radius 2 is 1.75 bits per heavy atom. The first-order valence-electron chi connectivity index (χ1n) is 10.6. The zero-order valence-electron chi connectivity index (χ0n) is 17.2. The van der Waals surface area contributed by atoms with Crippen molar-refractivity contribution in [3.63, 3.8) is 0 Å². The summed E-state index contributed by atoms with van der Waals surface area (Å²) in [4.78, 5) is 17.2. The number of hydrogen-bond acceptors (Lipinski definition) is 4. The maximum Gasteiger partial charge on any atom is 0.228 e. The fraction of sp³-hybridized carbons (Fsp3) is 0.120. The third-order valence-electron chi connectivity index (χ3n) is 6.08. The van der Waals surface area contributed by atoms with E-state index in [4.69, 9.17) is 0 Å². The highest BCUT2D eigenvalue weighted by Gasteiger charge is 2.27. The van der Waals surface area contributed by atoms with Gasteiger partial charge in [-0.3, -0.25) is 15.0 Å². The number of hydrogen-bond donors (Lipinski definition) is 3. The van der Waals surface area contributed by atoms with E-state index in [9.17, 15) is 4.79 Å². The highest BCUT2D eigenvalue weighted by Crippen LogP contribution is 2.31. The molecule has 156 valence electrons. The molecule has 0 atom stereocenters. The van der Waals surface area contributed by atoms with Crippen LogP contribution in [-0.4, -0.2) is 31.3 Å². The van der Waals surface area contributed by atoms with Crippen LogP contribution in [0.3, 0.4) is 0 Å². The number of carbonyl (C=O) groups excluding carboxylic acids is 1. The van der Waals surface area contributed by atoms with Crippen LogP contribution in [0.1, 0.15) is 11.1 Å². The molecule has 0 fully saturated rings. The molecule has 6 rings (SSSR count). The van der Waals surface area contributed by atoms with Crippen LogP contribution in [0.5, 0.6) is 0 Å². The molecule has 0 unspecified atom stereocenters. The molecular formula is C25H20N6O. The summed E-state index contributed by atoms with van der Waals surface area (Å²) < 4.78 is 0. The summed E-state index contributed by atoms with van der Waals surface area (Å²) in [7, 11) is 0. The normalized spacial score (nSPS) is 13.4. The van der Waals surface area contributed by atoms with Gasteiger partial charge in [0.2, 0.25) is 5.91 Å². The van der Waals surface area contributed by atoms with Gasteiger partial charge in [0, 0.05) is 28.1 Å². The van der Waals surface area contributed by atoms with E-state index in [1.54, 1.807) is 0 Å². The summed E-state index contributed by atoms with van der Waals surface area (Å²) >= 11 is 0. The molecule has 0 bridgehead atoms. The van der Waals surface area contributed by atoms with E-state index >= 15 is 0 Å². The van der Waals surface area contributed by atoms with Crippen LogP contribution in [-0.2, 0) is 17.6 Å². The molecule has 5 aromatic rings. The van der Waals surface area contributed by atoms with Crippen LogP contribution >= 0.6 is 0 Å². The lowest BCUT2D eigenvalue weighted by Gasteiger charge is -2.11. The predicted molar refractivity (Wildman–Crippen MR) is 123 cm³/mol. The third-order valence-corrected chi connectivity index (χ3v) is 6.08. The molecule has 0 saturated heterocycles. The first-order valence-corrected chi connectivity index (χ1v) is 10.6. The van der Waals surface area contributed by atoms with E-state index in [1.165, 1.54) is 17.5 Å². The lowest BCUT2D eigenvalue weighted by molar-refractivity contribution is -0.119. The molecule has 0 radical (unpaired) electrons. The van der Waals surface area contributed by atoms with Crippen LogP contribution in [0, 0.1) is 5.92 Å². The van der Waals surface area contributed by atoms with Crippen LogP contribution in [0.4, 0.5) is 5.69 Å². The average Bonchev–Trinajstić information content (AvgIpc) is 3.58. The van der Waals surface area contributed by atoms with Crippen molar-refractivity contribution >= 4 is 22.5 Å². The van der Waals surface area contributed by atoms with Crippen molar-refractivity contribution in [2.75, 3.05) is 5.32 Å². The predicted octanol–water partition coefficient (Wildman–Crippen LogP) is 4.37. The number of aromatic nitrogens is 5. The fourth-order valence-electron chi connectivity index (χ4n) is 4.46. The topological polar surface area (TPSA) is 99.3 Å². The Kier molecular flexibility index (Phi) is 4.31. The summed E-state index contributed by atoms with van der Waals surface area (Å²) in [6, 6.07) is 22.1. The Labute approximate surface area is 183 Å². The third kappa shape index (κ3) is 3.24. The van der Waals surface area contributed by atoms with Crippen molar-refractivity contribution in [1.29, 1.82) is 0 Å². The lowest BCUT2D eigenvalue weighted by atomic mass is 10.0. The molecule has 3 aromatic carbocycles. The molecule has 32 heavy (non-hydrogen) atoms. The molecule has 7 heteroatoms. The van der Waals surface area contributed by atoms with Crippen LogP contribution < -0.4 is 5.32 Å². The van der Waals surface area contributed by atoms with Crippen LogP contribution in [0.25, 0.3) is 33.5 Å². The number of carbonyl (C=O) groups is 1. The Morgan fingerprint density at radius 1 is 0.906 bits per heavy atom. The molecule has 0 spiro atoms. The van der Waals surface area contributed by atoms with E-state index in [1.807, 2.05) is 54.6 Å². The summed E-state index contributed by atoms with van der Waals surface area (Å²) in [5.41, 5.74) is 6.93. The number of fused-ring (bicyclic) bond motifs is 2. The van der Waals surface area contributed by atoms with Crippen LogP contribution in [0.2, 0.25) is 0 Å². The van der Waals surface area contributed by atoms with Gasteiger partial charge in [-0.05, 0) is 54.3 Å².